The second kappa shape index (κ2) is 44.1. The Morgan fingerprint density at radius 1 is 0.453 bits per heavy atom. The van der Waals surface area contributed by atoms with Gasteiger partial charge >= 0.3 is 5.97 Å². The summed E-state index contributed by atoms with van der Waals surface area (Å²) in [6, 6.07) is 0. The van der Waals surface area contributed by atoms with Crippen molar-refractivity contribution < 1.29 is 19.4 Å². The predicted octanol–water partition coefficient (Wildman–Crippen LogP) is 14.4. The molecule has 0 aromatic heterocycles. The standard InChI is InChI=1S/C48H97NO4/c1-5-9-13-17-19-26-35-46(34-24-15-11-7-3)44-52-43-33-22-21-29-39-49(41-31-32-42-50)40-30-23-28-38-48(51)53-45-47(36-25-16-12-8-4)37-27-20-18-14-10-6-2/h46-47,50H,5-45H2,1-4H3. The van der Waals surface area contributed by atoms with E-state index >= 15 is 0 Å². The minimum atomic E-state index is 0.00980. The number of aliphatic hydroxyl groups excluding tert-OH is 1. The SMILES string of the molecule is CCCCCCCCC(CCCCCC)COCCCCCCN(CCCCO)CCCCCC(=O)OCC(CCCCCC)CCCCCCCC. The number of nitrogens with zero attached hydrogens (tertiary/aromatic N) is 1. The number of carbonyl (C=O) groups is 1. The summed E-state index contributed by atoms with van der Waals surface area (Å²) < 4.78 is 12.1. The normalized spacial score (nSPS) is 12.9. The predicted molar refractivity (Wildman–Crippen MR) is 232 cm³/mol. The molecule has 0 rings (SSSR count). The van der Waals surface area contributed by atoms with Gasteiger partial charge in [0.15, 0.2) is 0 Å². The molecule has 2 unspecified atom stereocenters. The maximum absolute atomic E-state index is 12.6. The topological polar surface area (TPSA) is 59.0 Å². The van der Waals surface area contributed by atoms with E-state index < -0.39 is 0 Å². The fourth-order valence-electron chi connectivity index (χ4n) is 7.76. The van der Waals surface area contributed by atoms with Gasteiger partial charge in [-0.3, -0.25) is 4.79 Å². The second-order valence-electron chi connectivity index (χ2n) is 16.8. The number of unbranched alkanes of at least 4 members (excludes halogenated alkanes) is 22. The van der Waals surface area contributed by atoms with Gasteiger partial charge in [0, 0.05) is 26.2 Å². The summed E-state index contributed by atoms with van der Waals surface area (Å²) in [7, 11) is 0. The number of ether oxygens (including phenoxy) is 2. The number of esters is 1. The first kappa shape index (κ1) is 52.3. The molecule has 0 saturated heterocycles. The van der Waals surface area contributed by atoms with E-state index in [1.807, 2.05) is 0 Å². The maximum atomic E-state index is 12.6. The summed E-state index contributed by atoms with van der Waals surface area (Å²) in [5, 5.41) is 9.32. The molecule has 0 spiro atoms. The zero-order valence-corrected chi connectivity index (χ0v) is 36.8. The van der Waals surface area contributed by atoms with Crippen LogP contribution >= 0.6 is 0 Å². The van der Waals surface area contributed by atoms with Crippen molar-refractivity contribution in [2.45, 2.75) is 246 Å². The minimum Gasteiger partial charge on any atom is -0.465 e. The third kappa shape index (κ3) is 39.4. The third-order valence-corrected chi connectivity index (χ3v) is 11.4. The molecule has 0 aromatic rings. The van der Waals surface area contributed by atoms with Gasteiger partial charge in [0.05, 0.1) is 6.61 Å². The van der Waals surface area contributed by atoms with Crippen LogP contribution in [-0.2, 0) is 14.3 Å². The minimum absolute atomic E-state index is 0.00980. The number of hydrogen-bond donors (Lipinski definition) is 1. The lowest BCUT2D eigenvalue weighted by Crippen LogP contribution is -2.27. The van der Waals surface area contributed by atoms with Crippen molar-refractivity contribution in [3.05, 3.63) is 0 Å². The van der Waals surface area contributed by atoms with Crippen LogP contribution in [-0.4, -0.2) is 62.0 Å². The Morgan fingerprint density at radius 2 is 0.830 bits per heavy atom. The van der Waals surface area contributed by atoms with Crippen molar-refractivity contribution in [1.29, 1.82) is 0 Å². The number of carbonyl (C=O) groups excluding carboxylic acids is 1. The smallest absolute Gasteiger partial charge is 0.305 e. The van der Waals surface area contributed by atoms with Crippen molar-refractivity contribution in [3.63, 3.8) is 0 Å². The summed E-state index contributed by atoms with van der Waals surface area (Å²) in [6.45, 7) is 15.3. The van der Waals surface area contributed by atoms with Crippen molar-refractivity contribution in [2.24, 2.45) is 11.8 Å². The molecule has 2 atom stereocenters. The van der Waals surface area contributed by atoms with Crippen molar-refractivity contribution in [3.8, 4) is 0 Å². The highest BCUT2D eigenvalue weighted by Crippen LogP contribution is 2.21. The van der Waals surface area contributed by atoms with Crippen LogP contribution in [0.15, 0.2) is 0 Å². The van der Waals surface area contributed by atoms with E-state index in [0.717, 1.165) is 70.9 Å². The van der Waals surface area contributed by atoms with Crippen molar-refractivity contribution >= 4 is 5.97 Å². The zero-order chi connectivity index (χ0) is 38.7. The van der Waals surface area contributed by atoms with Gasteiger partial charge in [-0.1, -0.05) is 175 Å². The van der Waals surface area contributed by atoms with E-state index in [2.05, 4.69) is 32.6 Å². The van der Waals surface area contributed by atoms with Gasteiger partial charge in [-0.15, -0.1) is 0 Å². The van der Waals surface area contributed by atoms with Crippen LogP contribution in [0.3, 0.4) is 0 Å². The molecule has 0 amide bonds. The molecule has 318 valence electrons. The second-order valence-corrected chi connectivity index (χ2v) is 16.8. The van der Waals surface area contributed by atoms with Crippen LogP contribution in [0.4, 0.5) is 0 Å². The third-order valence-electron chi connectivity index (χ3n) is 11.4. The van der Waals surface area contributed by atoms with Crippen LogP contribution in [0.25, 0.3) is 0 Å². The van der Waals surface area contributed by atoms with Crippen molar-refractivity contribution in [2.75, 3.05) is 46.1 Å². The molecule has 0 aliphatic heterocycles. The maximum Gasteiger partial charge on any atom is 0.305 e. The van der Waals surface area contributed by atoms with Gasteiger partial charge in [-0.25, -0.2) is 0 Å². The lowest BCUT2D eigenvalue weighted by atomic mass is 9.95. The highest BCUT2D eigenvalue weighted by Gasteiger charge is 2.13. The summed E-state index contributed by atoms with van der Waals surface area (Å²) in [5.41, 5.74) is 0. The number of hydrogen-bond acceptors (Lipinski definition) is 5. The highest BCUT2D eigenvalue weighted by atomic mass is 16.5. The van der Waals surface area contributed by atoms with Gasteiger partial charge in [0.1, 0.15) is 0 Å². The molecular formula is C48H97NO4. The van der Waals surface area contributed by atoms with E-state index in [-0.39, 0.29) is 12.6 Å². The molecule has 0 aromatic carbocycles. The molecule has 53 heavy (non-hydrogen) atoms. The van der Waals surface area contributed by atoms with Crippen LogP contribution in [0.1, 0.15) is 246 Å². The summed E-state index contributed by atoms with van der Waals surface area (Å²) >= 11 is 0. The zero-order valence-electron chi connectivity index (χ0n) is 36.8. The van der Waals surface area contributed by atoms with Gasteiger partial charge in [-0.2, -0.15) is 0 Å². The summed E-state index contributed by atoms with van der Waals surface area (Å²) in [5.74, 6) is 1.31. The molecule has 0 aliphatic rings. The summed E-state index contributed by atoms with van der Waals surface area (Å²) in [4.78, 5) is 15.2. The molecule has 0 aliphatic carbocycles. The Bertz CT molecular complexity index is 703. The van der Waals surface area contributed by atoms with Gasteiger partial charge in [0.25, 0.3) is 0 Å². The average Bonchev–Trinajstić information content (AvgIpc) is 3.16. The monoisotopic (exact) mass is 752 g/mol. The van der Waals surface area contributed by atoms with Crippen LogP contribution in [0, 0.1) is 11.8 Å². The number of rotatable bonds is 45. The van der Waals surface area contributed by atoms with E-state index in [0.29, 0.717) is 18.9 Å². The number of aliphatic hydroxyl groups is 1. The molecule has 5 nitrogen and oxygen atoms in total. The fraction of sp³-hybridized carbons (Fsp3) is 0.979. The van der Waals surface area contributed by atoms with Crippen LogP contribution in [0.2, 0.25) is 0 Å². The molecule has 0 fully saturated rings. The Hall–Kier alpha value is -0.650. The Balaban J connectivity index is 4.28. The lowest BCUT2D eigenvalue weighted by molar-refractivity contribution is -0.145. The van der Waals surface area contributed by atoms with E-state index in [1.165, 1.54) is 180 Å². The molecular weight excluding hydrogens is 655 g/mol. The molecule has 0 saturated carbocycles. The van der Waals surface area contributed by atoms with Gasteiger partial charge < -0.3 is 19.5 Å². The quantitative estimate of drug-likeness (QED) is 0.0496. The first-order valence-electron chi connectivity index (χ1n) is 24.2. The Labute approximate surface area is 333 Å². The largest absolute Gasteiger partial charge is 0.465 e. The van der Waals surface area contributed by atoms with E-state index in [9.17, 15) is 9.90 Å². The van der Waals surface area contributed by atoms with Gasteiger partial charge in [0.2, 0.25) is 0 Å². The van der Waals surface area contributed by atoms with Gasteiger partial charge in [-0.05, 0) is 95.7 Å². The first-order valence-corrected chi connectivity index (χ1v) is 24.2. The fourth-order valence-corrected chi connectivity index (χ4v) is 7.76. The van der Waals surface area contributed by atoms with E-state index in [4.69, 9.17) is 9.47 Å². The Kier molecular flexibility index (Phi) is 43.5. The van der Waals surface area contributed by atoms with Crippen molar-refractivity contribution in [1.82, 2.24) is 4.90 Å². The van der Waals surface area contributed by atoms with E-state index in [1.54, 1.807) is 0 Å². The molecule has 1 N–H and O–H groups in total. The van der Waals surface area contributed by atoms with Crippen LogP contribution in [0.5, 0.6) is 0 Å². The highest BCUT2D eigenvalue weighted by molar-refractivity contribution is 5.69. The molecule has 0 heterocycles. The molecule has 0 bridgehead atoms. The molecule has 0 radical (unpaired) electrons. The molecule has 5 heteroatoms. The Morgan fingerprint density at radius 3 is 1.32 bits per heavy atom. The first-order chi connectivity index (χ1) is 26.1. The summed E-state index contributed by atoms with van der Waals surface area (Å²) in [6.07, 6.45) is 42.6. The van der Waals surface area contributed by atoms with Crippen LogP contribution < -0.4 is 0 Å². The average molecular weight is 752 g/mol. The lowest BCUT2D eigenvalue weighted by Gasteiger charge is -2.22.